The van der Waals surface area contributed by atoms with Gasteiger partial charge in [0.1, 0.15) is 0 Å². The van der Waals surface area contributed by atoms with Gasteiger partial charge in [-0.25, -0.2) is 8.42 Å². The molecule has 1 amide bonds. The molecule has 0 radical (unpaired) electrons. The van der Waals surface area contributed by atoms with Crippen LogP contribution in [0.15, 0.2) is 23.1 Å². The molecule has 1 aromatic rings. The van der Waals surface area contributed by atoms with Crippen molar-refractivity contribution in [2.75, 3.05) is 39.3 Å². The molecule has 0 saturated carbocycles. The van der Waals surface area contributed by atoms with E-state index in [-0.39, 0.29) is 5.91 Å². The summed E-state index contributed by atoms with van der Waals surface area (Å²) >= 11 is 0. The number of hydrogen-bond donors (Lipinski definition) is 1. The fraction of sp³-hybridized carbons (Fsp3) is 0.611. The third-order valence-corrected chi connectivity index (χ3v) is 6.92. The first-order valence-electron chi connectivity index (χ1n) is 9.11. The Kier molecular flexibility index (Phi) is 5.76. The number of rotatable bonds is 5. The van der Waals surface area contributed by atoms with Gasteiger partial charge in [-0.3, -0.25) is 9.69 Å². The van der Waals surface area contributed by atoms with Gasteiger partial charge in [-0.05, 0) is 55.9 Å². The number of nitrogens with zero attached hydrogens (tertiary/aromatic N) is 2. The Labute approximate surface area is 150 Å². The lowest BCUT2D eigenvalue weighted by Crippen LogP contribution is -2.51. The number of nitrogens with one attached hydrogen (secondary N) is 1. The van der Waals surface area contributed by atoms with E-state index in [2.05, 4.69) is 5.32 Å². The summed E-state index contributed by atoms with van der Waals surface area (Å²) < 4.78 is 27.4. The molecule has 0 bridgehead atoms. The van der Waals surface area contributed by atoms with Crippen LogP contribution in [-0.2, 0) is 27.7 Å². The van der Waals surface area contributed by atoms with E-state index in [1.165, 1.54) is 17.5 Å². The van der Waals surface area contributed by atoms with Crippen LogP contribution in [0.25, 0.3) is 0 Å². The first-order valence-corrected chi connectivity index (χ1v) is 10.6. The van der Waals surface area contributed by atoms with Gasteiger partial charge in [0.25, 0.3) is 0 Å². The van der Waals surface area contributed by atoms with Gasteiger partial charge < -0.3 is 5.32 Å². The minimum Gasteiger partial charge on any atom is -0.355 e. The van der Waals surface area contributed by atoms with E-state index < -0.39 is 10.0 Å². The Balaban J connectivity index is 1.65. The predicted octanol–water partition coefficient (Wildman–Crippen LogP) is 1.01. The third-order valence-electron chi connectivity index (χ3n) is 5.03. The molecular formula is C18H27N3O3S. The van der Waals surface area contributed by atoms with Crippen LogP contribution in [0.4, 0.5) is 0 Å². The fourth-order valence-corrected chi connectivity index (χ4v) is 5.08. The topological polar surface area (TPSA) is 69.7 Å². The van der Waals surface area contributed by atoms with Crippen LogP contribution in [0.5, 0.6) is 0 Å². The van der Waals surface area contributed by atoms with Crippen LogP contribution < -0.4 is 5.32 Å². The molecule has 1 aliphatic heterocycles. The van der Waals surface area contributed by atoms with Crippen molar-refractivity contribution >= 4 is 15.9 Å². The van der Waals surface area contributed by atoms with E-state index in [0.717, 1.165) is 19.3 Å². The summed E-state index contributed by atoms with van der Waals surface area (Å²) in [6.45, 7) is 4.87. The Bertz CT molecular complexity index is 725. The van der Waals surface area contributed by atoms with Crippen molar-refractivity contribution in [1.29, 1.82) is 0 Å². The van der Waals surface area contributed by atoms with E-state index >= 15 is 0 Å². The molecule has 0 aromatic heterocycles. The lowest BCUT2D eigenvalue weighted by molar-refractivity contribution is -0.122. The van der Waals surface area contributed by atoms with Crippen LogP contribution in [0.3, 0.4) is 0 Å². The fourth-order valence-electron chi connectivity index (χ4n) is 3.60. The normalized spacial score (nSPS) is 19.4. The van der Waals surface area contributed by atoms with Gasteiger partial charge in [0.15, 0.2) is 0 Å². The number of carbonyl (C=O) groups is 1. The summed E-state index contributed by atoms with van der Waals surface area (Å²) in [6.07, 6.45) is 4.34. The number of amides is 1. The van der Waals surface area contributed by atoms with Crippen LogP contribution in [0.1, 0.15) is 30.9 Å². The molecule has 2 aliphatic rings. The zero-order valence-electron chi connectivity index (χ0n) is 14.8. The molecule has 1 aliphatic carbocycles. The van der Waals surface area contributed by atoms with E-state index in [9.17, 15) is 13.2 Å². The molecular weight excluding hydrogens is 338 g/mol. The number of carbonyl (C=O) groups excluding carboxylic acids is 1. The molecule has 1 aromatic carbocycles. The number of hydrogen-bond acceptors (Lipinski definition) is 4. The minimum absolute atomic E-state index is 0.00602. The first-order chi connectivity index (χ1) is 12.0. The molecule has 25 heavy (non-hydrogen) atoms. The summed E-state index contributed by atoms with van der Waals surface area (Å²) in [6, 6.07) is 5.60. The Morgan fingerprint density at radius 2 is 1.76 bits per heavy atom. The maximum Gasteiger partial charge on any atom is 0.243 e. The summed E-state index contributed by atoms with van der Waals surface area (Å²) in [5.41, 5.74) is 2.47. The standard InChI is InChI=1S/C18H27N3O3S/c1-2-19-18(22)14-20-9-11-21(12-10-20)25(23,24)17-8-7-15-5-3-4-6-16(15)13-17/h7-8,13H,2-6,9-12,14H2,1H3,(H,19,22). The molecule has 0 unspecified atom stereocenters. The average Bonchev–Trinajstić information content (AvgIpc) is 2.62. The molecule has 1 saturated heterocycles. The first kappa shape index (κ1) is 18.4. The Hall–Kier alpha value is -1.44. The van der Waals surface area contributed by atoms with Crippen LogP contribution in [0.2, 0.25) is 0 Å². The zero-order valence-corrected chi connectivity index (χ0v) is 15.6. The molecule has 0 spiro atoms. The van der Waals surface area contributed by atoms with Crippen LogP contribution >= 0.6 is 0 Å². The van der Waals surface area contributed by atoms with Crippen LogP contribution in [0, 0.1) is 0 Å². The van der Waals surface area contributed by atoms with Crippen molar-refractivity contribution in [2.24, 2.45) is 0 Å². The van der Waals surface area contributed by atoms with Crippen molar-refractivity contribution in [3.63, 3.8) is 0 Å². The highest BCUT2D eigenvalue weighted by molar-refractivity contribution is 7.89. The second kappa shape index (κ2) is 7.85. The highest BCUT2D eigenvalue weighted by atomic mass is 32.2. The second-order valence-electron chi connectivity index (χ2n) is 6.77. The summed E-state index contributed by atoms with van der Waals surface area (Å²) in [5.74, 6) is -0.00602. The molecule has 3 rings (SSSR count). The Morgan fingerprint density at radius 1 is 1.08 bits per heavy atom. The number of aryl methyl sites for hydroxylation is 2. The van der Waals surface area contributed by atoms with Gasteiger partial charge in [-0.1, -0.05) is 6.07 Å². The van der Waals surface area contributed by atoms with E-state index in [1.54, 1.807) is 10.4 Å². The molecule has 1 fully saturated rings. The highest BCUT2D eigenvalue weighted by Crippen LogP contribution is 2.26. The monoisotopic (exact) mass is 365 g/mol. The summed E-state index contributed by atoms with van der Waals surface area (Å²) in [5, 5.41) is 2.78. The molecule has 1 heterocycles. The van der Waals surface area contributed by atoms with E-state index in [1.807, 2.05) is 24.0 Å². The number of sulfonamides is 1. The molecule has 138 valence electrons. The maximum atomic E-state index is 12.9. The van der Waals surface area contributed by atoms with E-state index in [4.69, 9.17) is 0 Å². The number of piperazine rings is 1. The molecule has 0 atom stereocenters. The van der Waals surface area contributed by atoms with Gasteiger partial charge in [0, 0.05) is 32.7 Å². The largest absolute Gasteiger partial charge is 0.355 e. The van der Waals surface area contributed by atoms with E-state index in [0.29, 0.717) is 44.2 Å². The quantitative estimate of drug-likeness (QED) is 0.845. The van der Waals surface area contributed by atoms with Gasteiger partial charge in [0.05, 0.1) is 11.4 Å². The number of benzene rings is 1. The maximum absolute atomic E-state index is 12.9. The van der Waals surface area contributed by atoms with Crippen molar-refractivity contribution < 1.29 is 13.2 Å². The van der Waals surface area contributed by atoms with Gasteiger partial charge in [0.2, 0.25) is 15.9 Å². The number of likely N-dealkylation sites (N-methyl/N-ethyl adjacent to an activating group) is 1. The predicted molar refractivity (Wildman–Crippen MR) is 97.0 cm³/mol. The van der Waals surface area contributed by atoms with Gasteiger partial charge >= 0.3 is 0 Å². The summed E-state index contributed by atoms with van der Waals surface area (Å²) in [7, 11) is -3.45. The molecule has 1 N–H and O–H groups in total. The Morgan fingerprint density at radius 3 is 2.44 bits per heavy atom. The van der Waals surface area contributed by atoms with Crippen LogP contribution in [-0.4, -0.2) is 62.8 Å². The van der Waals surface area contributed by atoms with Crippen molar-refractivity contribution in [2.45, 2.75) is 37.5 Å². The van der Waals surface area contributed by atoms with Crippen molar-refractivity contribution in [3.05, 3.63) is 29.3 Å². The van der Waals surface area contributed by atoms with Crippen molar-refractivity contribution in [1.82, 2.24) is 14.5 Å². The number of fused-ring (bicyclic) bond motifs is 1. The van der Waals surface area contributed by atoms with Crippen molar-refractivity contribution in [3.8, 4) is 0 Å². The lowest BCUT2D eigenvalue weighted by atomic mass is 9.92. The van der Waals surface area contributed by atoms with Gasteiger partial charge in [-0.15, -0.1) is 0 Å². The SMILES string of the molecule is CCNC(=O)CN1CCN(S(=O)(=O)c2ccc3c(c2)CCCC3)CC1. The molecule has 6 nitrogen and oxygen atoms in total. The lowest BCUT2D eigenvalue weighted by Gasteiger charge is -2.33. The molecule has 7 heteroatoms. The highest BCUT2D eigenvalue weighted by Gasteiger charge is 2.29. The smallest absolute Gasteiger partial charge is 0.243 e. The third kappa shape index (κ3) is 4.22. The minimum atomic E-state index is -3.45. The second-order valence-corrected chi connectivity index (χ2v) is 8.71. The summed E-state index contributed by atoms with van der Waals surface area (Å²) in [4.78, 5) is 14.1. The average molecular weight is 365 g/mol. The zero-order chi connectivity index (χ0) is 17.9. The van der Waals surface area contributed by atoms with Gasteiger partial charge in [-0.2, -0.15) is 4.31 Å².